The van der Waals surface area contributed by atoms with Crippen LogP contribution in [0.3, 0.4) is 0 Å². The summed E-state index contributed by atoms with van der Waals surface area (Å²) >= 11 is 0. The predicted octanol–water partition coefficient (Wildman–Crippen LogP) is 6.89. The fraction of sp³-hybridized carbons (Fsp3) is 0.926. The van der Waals surface area contributed by atoms with E-state index in [1.807, 2.05) is 27.7 Å². The molecule has 0 spiro atoms. The standard InChI is InChI=1S/C25H42O2.C2H6/c1-23(2,27)13-5-6-17-8-10-21-20-9-7-18-16-19(26)11-14-25(18,4)22(20)12-15-24(17,21)3;1-2/h7,17,19-22,26-27H,5-6,8-16H2,1-4H3;1-2H3/t17-,19?,20?,21?,22?,24?,25?;/m0./s1. The summed E-state index contributed by atoms with van der Waals surface area (Å²) in [4.78, 5) is 0. The molecule has 29 heavy (non-hydrogen) atoms. The first-order valence-electron chi connectivity index (χ1n) is 12.7. The van der Waals surface area contributed by atoms with Gasteiger partial charge in [0.05, 0.1) is 11.7 Å². The molecule has 2 N–H and O–H groups in total. The van der Waals surface area contributed by atoms with Gasteiger partial charge >= 0.3 is 0 Å². The zero-order valence-corrected chi connectivity index (χ0v) is 20.1. The maximum absolute atomic E-state index is 10.2. The van der Waals surface area contributed by atoms with E-state index in [-0.39, 0.29) is 6.10 Å². The first kappa shape index (κ1) is 23.3. The van der Waals surface area contributed by atoms with Gasteiger partial charge in [-0.05, 0) is 113 Å². The second kappa shape index (κ2) is 8.65. The number of rotatable bonds is 4. The molecular weight excluding hydrogens is 356 g/mol. The fourth-order valence-corrected chi connectivity index (χ4v) is 8.01. The molecule has 4 aliphatic rings. The third-order valence-electron chi connectivity index (χ3n) is 9.62. The third-order valence-corrected chi connectivity index (χ3v) is 9.62. The van der Waals surface area contributed by atoms with E-state index in [0.29, 0.717) is 10.8 Å². The molecule has 0 amide bonds. The molecule has 0 aromatic heterocycles. The summed E-state index contributed by atoms with van der Waals surface area (Å²) in [5.41, 5.74) is 1.96. The lowest BCUT2D eigenvalue weighted by atomic mass is 9.47. The van der Waals surface area contributed by atoms with Gasteiger partial charge in [0.15, 0.2) is 0 Å². The molecule has 4 aliphatic carbocycles. The van der Waals surface area contributed by atoms with Crippen LogP contribution in [0.25, 0.3) is 0 Å². The van der Waals surface area contributed by atoms with E-state index >= 15 is 0 Å². The van der Waals surface area contributed by atoms with Gasteiger partial charge in [-0.2, -0.15) is 0 Å². The van der Waals surface area contributed by atoms with E-state index in [4.69, 9.17) is 0 Å². The summed E-state index contributed by atoms with van der Waals surface area (Å²) in [6.07, 6.45) is 15.9. The minimum absolute atomic E-state index is 0.0960. The Bertz CT molecular complexity index is 588. The predicted molar refractivity (Wildman–Crippen MR) is 123 cm³/mol. The Kier molecular flexibility index (Phi) is 6.96. The zero-order valence-electron chi connectivity index (χ0n) is 20.1. The molecule has 2 nitrogen and oxygen atoms in total. The molecule has 0 saturated heterocycles. The maximum atomic E-state index is 10.2. The molecule has 168 valence electrons. The molecule has 3 saturated carbocycles. The lowest BCUT2D eigenvalue weighted by Crippen LogP contribution is -2.50. The van der Waals surface area contributed by atoms with Crippen molar-refractivity contribution in [2.75, 3.05) is 0 Å². The van der Waals surface area contributed by atoms with Crippen molar-refractivity contribution in [1.82, 2.24) is 0 Å². The number of fused-ring (bicyclic) bond motifs is 5. The van der Waals surface area contributed by atoms with Gasteiger partial charge in [-0.25, -0.2) is 0 Å². The minimum atomic E-state index is -0.513. The molecular formula is C27H48O2. The van der Waals surface area contributed by atoms with Crippen molar-refractivity contribution in [3.63, 3.8) is 0 Å². The van der Waals surface area contributed by atoms with Gasteiger partial charge in [-0.3, -0.25) is 0 Å². The monoisotopic (exact) mass is 404 g/mol. The van der Waals surface area contributed by atoms with Crippen LogP contribution in [0.2, 0.25) is 0 Å². The first-order chi connectivity index (χ1) is 13.6. The SMILES string of the molecule is CC.CC(C)(O)CCC[C@H]1CCC2C3CC=C4CC(O)CCC4(C)C3CCC21C. The lowest BCUT2D eigenvalue weighted by Gasteiger charge is -2.58. The molecule has 0 aliphatic heterocycles. The molecule has 2 heteroatoms. The molecule has 0 aromatic carbocycles. The quantitative estimate of drug-likeness (QED) is 0.501. The average Bonchev–Trinajstić information content (AvgIpc) is 3.00. The summed E-state index contributed by atoms with van der Waals surface area (Å²) in [5.74, 6) is 3.47. The lowest BCUT2D eigenvalue weighted by molar-refractivity contribution is -0.0514. The van der Waals surface area contributed by atoms with Crippen molar-refractivity contribution in [2.24, 2.45) is 34.5 Å². The van der Waals surface area contributed by atoms with Gasteiger partial charge in [-0.15, -0.1) is 0 Å². The van der Waals surface area contributed by atoms with Crippen molar-refractivity contribution in [2.45, 2.75) is 124 Å². The summed E-state index contributed by atoms with van der Waals surface area (Å²) in [6, 6.07) is 0. The van der Waals surface area contributed by atoms with E-state index in [1.165, 1.54) is 51.4 Å². The Hall–Kier alpha value is -0.340. The van der Waals surface area contributed by atoms with Crippen LogP contribution < -0.4 is 0 Å². The molecule has 0 bridgehead atoms. The highest BCUT2D eigenvalue weighted by molar-refractivity contribution is 5.25. The first-order valence-corrected chi connectivity index (χ1v) is 12.7. The van der Waals surface area contributed by atoms with E-state index in [0.717, 1.165) is 42.9 Å². The average molecular weight is 405 g/mol. The van der Waals surface area contributed by atoms with Crippen LogP contribution in [0.15, 0.2) is 11.6 Å². The Morgan fingerprint density at radius 1 is 1.03 bits per heavy atom. The zero-order chi connectivity index (χ0) is 21.4. The van der Waals surface area contributed by atoms with E-state index in [1.54, 1.807) is 5.57 Å². The molecule has 3 fully saturated rings. The van der Waals surface area contributed by atoms with Crippen LogP contribution >= 0.6 is 0 Å². The van der Waals surface area contributed by atoms with Gasteiger partial charge in [0.2, 0.25) is 0 Å². The van der Waals surface area contributed by atoms with Gasteiger partial charge in [0.25, 0.3) is 0 Å². The van der Waals surface area contributed by atoms with Crippen LogP contribution in [0.5, 0.6) is 0 Å². The highest BCUT2D eigenvalue weighted by Gasteiger charge is 2.58. The Morgan fingerprint density at radius 2 is 1.76 bits per heavy atom. The molecule has 0 heterocycles. The number of allylic oxidation sites excluding steroid dienone is 1. The topological polar surface area (TPSA) is 40.5 Å². The van der Waals surface area contributed by atoms with Crippen LogP contribution in [0, 0.1) is 34.5 Å². The van der Waals surface area contributed by atoms with Crippen LogP contribution in [-0.2, 0) is 0 Å². The summed E-state index contributed by atoms with van der Waals surface area (Å²) in [7, 11) is 0. The fourth-order valence-electron chi connectivity index (χ4n) is 8.01. The highest BCUT2D eigenvalue weighted by atomic mass is 16.3. The minimum Gasteiger partial charge on any atom is -0.393 e. The van der Waals surface area contributed by atoms with Crippen molar-refractivity contribution in [3.8, 4) is 0 Å². The molecule has 0 radical (unpaired) electrons. The van der Waals surface area contributed by atoms with Crippen LogP contribution in [-0.4, -0.2) is 21.9 Å². The van der Waals surface area contributed by atoms with Crippen molar-refractivity contribution < 1.29 is 10.2 Å². The van der Waals surface area contributed by atoms with Gasteiger partial charge < -0.3 is 10.2 Å². The normalized spacial score (nSPS) is 44.0. The highest BCUT2D eigenvalue weighted by Crippen LogP contribution is 2.66. The Balaban J connectivity index is 0.00000117. The summed E-state index contributed by atoms with van der Waals surface area (Å²) < 4.78 is 0. The summed E-state index contributed by atoms with van der Waals surface area (Å²) in [5, 5.41) is 20.2. The molecule has 0 aromatic rings. The number of aliphatic hydroxyl groups excluding tert-OH is 1. The second-order valence-electron chi connectivity index (χ2n) is 11.7. The van der Waals surface area contributed by atoms with Gasteiger partial charge in [0, 0.05) is 0 Å². The van der Waals surface area contributed by atoms with Crippen molar-refractivity contribution >= 4 is 0 Å². The molecule has 6 unspecified atom stereocenters. The van der Waals surface area contributed by atoms with Crippen molar-refractivity contribution in [1.29, 1.82) is 0 Å². The third kappa shape index (κ3) is 4.36. The van der Waals surface area contributed by atoms with E-state index < -0.39 is 5.60 Å². The van der Waals surface area contributed by atoms with Gasteiger partial charge in [-0.1, -0.05) is 45.8 Å². The molecule has 4 rings (SSSR count). The number of aliphatic hydroxyl groups is 2. The van der Waals surface area contributed by atoms with Crippen LogP contribution in [0.1, 0.15) is 112 Å². The summed E-state index contributed by atoms with van der Waals surface area (Å²) in [6.45, 7) is 13.0. The maximum Gasteiger partial charge on any atom is 0.0591 e. The number of hydrogen-bond donors (Lipinski definition) is 2. The Labute approximate surface area is 180 Å². The van der Waals surface area contributed by atoms with Crippen LogP contribution in [0.4, 0.5) is 0 Å². The van der Waals surface area contributed by atoms with E-state index in [9.17, 15) is 10.2 Å². The Morgan fingerprint density at radius 3 is 2.45 bits per heavy atom. The van der Waals surface area contributed by atoms with Crippen molar-refractivity contribution in [3.05, 3.63) is 11.6 Å². The number of hydrogen-bond acceptors (Lipinski definition) is 2. The largest absolute Gasteiger partial charge is 0.393 e. The van der Waals surface area contributed by atoms with Gasteiger partial charge in [0.1, 0.15) is 0 Å². The second-order valence-corrected chi connectivity index (χ2v) is 11.7. The molecule has 7 atom stereocenters. The smallest absolute Gasteiger partial charge is 0.0591 e. The van der Waals surface area contributed by atoms with E-state index in [2.05, 4.69) is 19.9 Å².